The monoisotopic (exact) mass is 1430 g/mol. The zero-order chi connectivity index (χ0) is 73.1. The quantitative estimate of drug-likeness (QED) is 0.0199. The van der Waals surface area contributed by atoms with Crippen LogP contribution in [0, 0.1) is 0 Å². The van der Waals surface area contributed by atoms with Crippen molar-refractivity contribution in [1.29, 1.82) is 0 Å². The SMILES string of the molecule is CC(=O)NC1[C@H](OCCCCC(=O)NCC(=O)NCCCN(CCCN(CCCNC(=O)CNC(=O)CCCCO[C@@H]2OC(CO)[C@H](O)[C@H](O)C2NC(C)=O)C(=O)C(O)COP(C)(C)=O)C(=O)CNC(=O)CCCCO[C@@H]2OC(CO)[C@H](O)[C@H](O)C2NC(C)=O)OC(CO)[C@H](O)[C@@H]1O. The number of unbranched alkanes of at least 4 members (excludes halogenated alkanes) is 3. The van der Waals surface area contributed by atoms with Crippen LogP contribution in [0.25, 0.3) is 0 Å². The Morgan fingerprint density at radius 1 is 0.439 bits per heavy atom. The molecule has 3 aliphatic rings. The smallest absolute Gasteiger partial charge is 0.253 e. The second-order valence-corrected chi connectivity index (χ2v) is 26.9. The molecule has 0 radical (unpaired) electrons. The van der Waals surface area contributed by atoms with Gasteiger partial charge in [0.1, 0.15) is 73.1 Å². The molecule has 564 valence electrons. The molecule has 3 saturated heterocycles. The Hall–Kier alpha value is -5.75. The van der Waals surface area contributed by atoms with Crippen LogP contribution in [0.3, 0.4) is 0 Å². The van der Waals surface area contributed by atoms with Crippen molar-refractivity contribution in [2.45, 2.75) is 196 Å². The molecule has 98 heavy (non-hydrogen) atoms. The normalized spacial score (nSPS) is 25.8. The lowest BCUT2D eigenvalue weighted by molar-refractivity contribution is -0.270. The number of carbonyl (C=O) groups excluding carboxylic acids is 10. The molecule has 0 spiro atoms. The molecular formula is C59H105N10O28P. The molecule has 7 unspecified atom stereocenters. The highest BCUT2D eigenvalue weighted by molar-refractivity contribution is 7.57. The molecule has 3 aliphatic heterocycles. The number of rotatable bonds is 46. The fourth-order valence-corrected chi connectivity index (χ4v) is 10.8. The molecule has 3 rings (SSSR count). The number of amides is 10. The molecule has 10 amide bonds. The van der Waals surface area contributed by atoms with Crippen LogP contribution in [0.1, 0.15) is 97.8 Å². The summed E-state index contributed by atoms with van der Waals surface area (Å²) in [5.41, 5.74) is 0. The second-order valence-electron chi connectivity index (χ2n) is 24.1. The number of aliphatic hydroxyl groups is 10. The molecular weight excluding hydrogens is 1330 g/mol. The molecule has 0 bridgehead atoms. The van der Waals surface area contributed by atoms with Crippen molar-refractivity contribution in [2.24, 2.45) is 0 Å². The van der Waals surface area contributed by atoms with Gasteiger partial charge in [0.15, 0.2) is 32.3 Å². The van der Waals surface area contributed by atoms with Gasteiger partial charge in [-0.05, 0) is 57.8 Å². The molecule has 0 aromatic carbocycles. The first kappa shape index (κ1) is 86.5. The van der Waals surface area contributed by atoms with Crippen molar-refractivity contribution in [3.63, 3.8) is 0 Å². The Morgan fingerprint density at radius 2 is 0.765 bits per heavy atom. The summed E-state index contributed by atoms with van der Waals surface area (Å²) in [4.78, 5) is 129. The molecule has 18 N–H and O–H groups in total. The van der Waals surface area contributed by atoms with Crippen molar-refractivity contribution in [3.8, 4) is 0 Å². The molecule has 0 aromatic heterocycles. The van der Waals surface area contributed by atoms with Gasteiger partial charge in [-0.3, -0.25) is 52.5 Å². The van der Waals surface area contributed by atoms with Gasteiger partial charge >= 0.3 is 0 Å². The van der Waals surface area contributed by atoms with E-state index in [4.69, 9.17) is 32.9 Å². The van der Waals surface area contributed by atoms with E-state index in [1.165, 1.54) is 43.9 Å². The number of nitrogens with zero attached hydrogens (tertiary/aromatic N) is 2. The lowest BCUT2D eigenvalue weighted by Gasteiger charge is -2.42. The van der Waals surface area contributed by atoms with Crippen LogP contribution >= 0.6 is 7.37 Å². The van der Waals surface area contributed by atoms with Crippen molar-refractivity contribution < 1.29 is 137 Å². The average Bonchev–Trinajstić information content (AvgIpc) is 0.823. The highest BCUT2D eigenvalue weighted by Gasteiger charge is 2.48. The maximum atomic E-state index is 13.8. The summed E-state index contributed by atoms with van der Waals surface area (Å²) in [6.45, 7) is 2.23. The van der Waals surface area contributed by atoms with Crippen LogP contribution in [0.15, 0.2) is 0 Å². The van der Waals surface area contributed by atoms with E-state index in [1.807, 2.05) is 0 Å². The minimum Gasteiger partial charge on any atom is -0.394 e. The second kappa shape index (κ2) is 45.9. The van der Waals surface area contributed by atoms with Gasteiger partial charge in [-0.1, -0.05) is 0 Å². The van der Waals surface area contributed by atoms with E-state index in [1.54, 1.807) is 0 Å². The fraction of sp³-hybridized carbons (Fsp3) is 0.831. The van der Waals surface area contributed by atoms with E-state index in [0.717, 1.165) is 0 Å². The van der Waals surface area contributed by atoms with Gasteiger partial charge in [0, 0.05) is 112 Å². The number of hydrogen-bond acceptors (Lipinski definition) is 28. The highest BCUT2D eigenvalue weighted by atomic mass is 31.2. The fourth-order valence-electron chi connectivity index (χ4n) is 10.3. The Morgan fingerprint density at radius 3 is 1.10 bits per heavy atom. The molecule has 0 aliphatic carbocycles. The lowest BCUT2D eigenvalue weighted by atomic mass is 9.97. The predicted octanol–water partition coefficient (Wildman–Crippen LogP) is -8.30. The largest absolute Gasteiger partial charge is 0.394 e. The van der Waals surface area contributed by atoms with Crippen LogP contribution < -0.4 is 42.5 Å². The van der Waals surface area contributed by atoms with Crippen LogP contribution in [0.5, 0.6) is 0 Å². The summed E-state index contributed by atoms with van der Waals surface area (Å²) in [6, 6.07) is -3.44. The van der Waals surface area contributed by atoms with Crippen molar-refractivity contribution in [3.05, 3.63) is 0 Å². The van der Waals surface area contributed by atoms with E-state index in [2.05, 4.69) is 42.5 Å². The average molecular weight is 1430 g/mol. The standard InChI is InChI=1S/C59H105N10O28P/c1-34(73)65-47-53(86)50(83)38(30-70)95-57(47)91-24-9-6-15-41(77)62-27-44(80)60-18-12-20-68(46(82)29-64-43(79)17-8-11-26-93-59-49(67-36(3)75)55(88)52(85)40(32-72)97-59)22-14-23-69(56(89)37(76)33-94-98(4,5)90)21-13-19-61-45(81)28-63-42(78)16-7-10-25-92-58-48(66-35(2)74)54(87)51(84)39(31-71)96-58/h37-40,47-55,57-59,70-72,76,83-88H,6-33H2,1-5H3,(H,60,80)(H,61,81)(H,62,77)(H,63,78)(H,64,79)(H,65,73)(H,66,74)(H,67,75)/t37?,38?,39?,40?,47?,48?,49?,50-,51-,52-,53+,54+,55+,57+,58+,59+/m0/s1. The summed E-state index contributed by atoms with van der Waals surface area (Å²) in [6.07, 6.45) is -16.0. The van der Waals surface area contributed by atoms with Crippen molar-refractivity contribution in [1.82, 2.24) is 52.3 Å². The molecule has 16 atom stereocenters. The molecule has 3 heterocycles. The van der Waals surface area contributed by atoms with Crippen molar-refractivity contribution in [2.75, 3.05) is 118 Å². The van der Waals surface area contributed by atoms with Gasteiger partial charge in [-0.2, -0.15) is 0 Å². The Labute approximate surface area is 568 Å². The summed E-state index contributed by atoms with van der Waals surface area (Å²) in [5, 5.41) is 122. The molecule has 38 nitrogen and oxygen atoms in total. The van der Waals surface area contributed by atoms with E-state index in [-0.39, 0.29) is 117 Å². The minimum atomic E-state index is -3.15. The van der Waals surface area contributed by atoms with Gasteiger partial charge in [-0.25, -0.2) is 0 Å². The summed E-state index contributed by atoms with van der Waals surface area (Å²) >= 11 is 0. The number of ether oxygens (including phenoxy) is 6. The van der Waals surface area contributed by atoms with Gasteiger partial charge in [0.2, 0.25) is 53.2 Å². The first-order valence-corrected chi connectivity index (χ1v) is 35.2. The summed E-state index contributed by atoms with van der Waals surface area (Å²) in [5.74, 6) is -5.56. The van der Waals surface area contributed by atoms with E-state index < -0.39 is 211 Å². The third-order valence-electron chi connectivity index (χ3n) is 15.5. The van der Waals surface area contributed by atoms with Crippen LogP contribution in [-0.2, 0) is 85.5 Å². The first-order valence-electron chi connectivity index (χ1n) is 32.7. The number of nitrogens with one attached hydrogen (secondary N) is 8. The summed E-state index contributed by atoms with van der Waals surface area (Å²) < 4.78 is 51.2. The predicted molar refractivity (Wildman–Crippen MR) is 339 cm³/mol. The van der Waals surface area contributed by atoms with Crippen LogP contribution in [-0.4, -0.2) is 336 Å². The van der Waals surface area contributed by atoms with Crippen molar-refractivity contribution >= 4 is 66.4 Å². The van der Waals surface area contributed by atoms with E-state index in [0.29, 0.717) is 19.3 Å². The molecule has 39 heteroatoms. The summed E-state index contributed by atoms with van der Waals surface area (Å²) in [7, 11) is -3.15. The van der Waals surface area contributed by atoms with Gasteiger partial charge in [0.25, 0.3) is 5.91 Å². The maximum absolute atomic E-state index is 13.8. The van der Waals surface area contributed by atoms with E-state index >= 15 is 0 Å². The van der Waals surface area contributed by atoms with Crippen LogP contribution in [0.2, 0.25) is 0 Å². The molecule has 3 fully saturated rings. The maximum Gasteiger partial charge on any atom is 0.253 e. The number of carbonyl (C=O) groups is 10. The molecule has 0 aromatic rings. The topological polar surface area (TPSA) is 557 Å². The lowest BCUT2D eigenvalue weighted by Crippen LogP contribution is -2.64. The third-order valence-corrected chi connectivity index (χ3v) is 16.3. The minimum absolute atomic E-state index is 0.00244. The zero-order valence-corrected chi connectivity index (χ0v) is 57.1. The van der Waals surface area contributed by atoms with Gasteiger partial charge < -0.3 is 136 Å². The van der Waals surface area contributed by atoms with Gasteiger partial charge in [0.05, 0.1) is 46.1 Å². The zero-order valence-electron chi connectivity index (χ0n) is 56.2. The first-order chi connectivity index (χ1) is 46.4. The number of aliphatic hydroxyl groups excluding tert-OH is 10. The Bertz CT molecular complexity index is 2550. The molecule has 0 saturated carbocycles. The Kier molecular flexibility index (Phi) is 40.5. The third kappa shape index (κ3) is 32.3. The highest BCUT2D eigenvalue weighted by Crippen LogP contribution is 2.37. The number of hydrogen-bond donors (Lipinski definition) is 18. The van der Waals surface area contributed by atoms with Gasteiger partial charge in [-0.15, -0.1) is 0 Å². The van der Waals surface area contributed by atoms with Crippen LogP contribution in [0.4, 0.5) is 0 Å². The van der Waals surface area contributed by atoms with E-state index in [9.17, 15) is 104 Å². The Balaban J connectivity index is 1.56.